The van der Waals surface area contributed by atoms with Gasteiger partial charge in [-0.05, 0) is 42.7 Å². The van der Waals surface area contributed by atoms with Crippen LogP contribution in [-0.4, -0.2) is 6.61 Å². The molecule has 2 aromatic rings. The van der Waals surface area contributed by atoms with Gasteiger partial charge in [0.15, 0.2) is 0 Å². The maximum Gasteiger partial charge on any atom is 0.119 e. The summed E-state index contributed by atoms with van der Waals surface area (Å²) in [6.45, 7) is 4.60. The highest BCUT2D eigenvalue weighted by Crippen LogP contribution is 2.30. The van der Waals surface area contributed by atoms with Gasteiger partial charge in [-0.1, -0.05) is 41.9 Å². The average Bonchev–Trinajstić information content (AvgIpc) is 2.46. The summed E-state index contributed by atoms with van der Waals surface area (Å²) in [4.78, 5) is 0. The second-order valence-corrected chi connectivity index (χ2v) is 4.96. The van der Waals surface area contributed by atoms with Crippen molar-refractivity contribution in [2.75, 3.05) is 6.61 Å². The number of halogens is 1. The summed E-state index contributed by atoms with van der Waals surface area (Å²) in [6, 6.07) is 13.7. The van der Waals surface area contributed by atoms with E-state index in [1.165, 1.54) is 0 Å². The molecule has 0 spiro atoms. The molecule has 0 bridgehead atoms. The molecule has 0 aliphatic heterocycles. The number of aryl methyl sites for hydroxylation is 1. The third kappa shape index (κ3) is 3.12. The fraction of sp³-hybridized carbons (Fsp3) is 0.250. The van der Waals surface area contributed by atoms with Gasteiger partial charge in [0.05, 0.1) is 12.6 Å². The van der Waals surface area contributed by atoms with Crippen LogP contribution in [0.15, 0.2) is 42.5 Å². The predicted octanol–water partition coefficient (Wildman–Crippen LogP) is 3.60. The molecular formula is C16H19ClN2O. The van der Waals surface area contributed by atoms with Gasteiger partial charge in [-0.25, -0.2) is 5.43 Å². The quantitative estimate of drug-likeness (QED) is 0.653. The van der Waals surface area contributed by atoms with Crippen molar-refractivity contribution in [1.29, 1.82) is 0 Å². The Morgan fingerprint density at radius 2 is 1.90 bits per heavy atom. The van der Waals surface area contributed by atoms with Crippen molar-refractivity contribution >= 4 is 11.6 Å². The lowest BCUT2D eigenvalue weighted by Gasteiger charge is -2.19. The van der Waals surface area contributed by atoms with Gasteiger partial charge in [0.2, 0.25) is 0 Å². The fourth-order valence-corrected chi connectivity index (χ4v) is 2.42. The van der Waals surface area contributed by atoms with Gasteiger partial charge in [0.1, 0.15) is 5.75 Å². The van der Waals surface area contributed by atoms with E-state index in [1.807, 2.05) is 56.3 Å². The molecule has 0 radical (unpaired) electrons. The number of benzene rings is 2. The van der Waals surface area contributed by atoms with E-state index in [4.69, 9.17) is 22.2 Å². The van der Waals surface area contributed by atoms with Crippen molar-refractivity contribution in [3.63, 3.8) is 0 Å². The molecule has 0 saturated heterocycles. The van der Waals surface area contributed by atoms with Crippen LogP contribution in [0, 0.1) is 6.92 Å². The zero-order valence-electron chi connectivity index (χ0n) is 11.7. The van der Waals surface area contributed by atoms with Crippen molar-refractivity contribution in [2.45, 2.75) is 19.9 Å². The molecule has 0 aromatic heterocycles. The molecular weight excluding hydrogens is 272 g/mol. The lowest BCUT2D eigenvalue weighted by molar-refractivity contribution is 0.340. The maximum atomic E-state index is 6.38. The monoisotopic (exact) mass is 290 g/mol. The normalized spacial score (nSPS) is 12.2. The highest BCUT2D eigenvalue weighted by molar-refractivity contribution is 6.32. The van der Waals surface area contributed by atoms with Gasteiger partial charge in [-0.15, -0.1) is 0 Å². The third-order valence-corrected chi connectivity index (χ3v) is 3.74. The number of nitrogens with two attached hydrogens (primary N) is 1. The van der Waals surface area contributed by atoms with Crippen molar-refractivity contribution in [1.82, 2.24) is 5.43 Å². The molecule has 1 unspecified atom stereocenters. The van der Waals surface area contributed by atoms with Crippen LogP contribution in [0.4, 0.5) is 0 Å². The zero-order chi connectivity index (χ0) is 14.5. The van der Waals surface area contributed by atoms with Gasteiger partial charge >= 0.3 is 0 Å². The first-order chi connectivity index (χ1) is 9.67. The van der Waals surface area contributed by atoms with E-state index in [0.29, 0.717) is 6.61 Å². The average molecular weight is 291 g/mol. The van der Waals surface area contributed by atoms with Crippen LogP contribution in [0.2, 0.25) is 5.02 Å². The molecule has 3 nitrogen and oxygen atoms in total. The Balaban J connectivity index is 2.34. The van der Waals surface area contributed by atoms with Crippen LogP contribution < -0.4 is 16.0 Å². The largest absolute Gasteiger partial charge is 0.494 e. The SMILES string of the molecule is CCOc1ccc(C(NN)c2cccc(C)c2Cl)cc1. The first-order valence-corrected chi connectivity index (χ1v) is 6.99. The van der Waals surface area contributed by atoms with Crippen LogP contribution in [0.1, 0.15) is 29.7 Å². The molecule has 0 fully saturated rings. The minimum atomic E-state index is -0.141. The number of rotatable bonds is 5. The lowest BCUT2D eigenvalue weighted by atomic mass is 9.97. The third-order valence-electron chi connectivity index (χ3n) is 3.22. The van der Waals surface area contributed by atoms with Crippen LogP contribution >= 0.6 is 11.6 Å². The highest BCUT2D eigenvalue weighted by Gasteiger charge is 2.16. The van der Waals surface area contributed by atoms with Crippen LogP contribution in [-0.2, 0) is 0 Å². The molecule has 0 heterocycles. The number of hydrazine groups is 1. The summed E-state index contributed by atoms with van der Waals surface area (Å²) in [5.41, 5.74) is 5.88. The Morgan fingerprint density at radius 3 is 2.50 bits per heavy atom. The van der Waals surface area contributed by atoms with Gasteiger partial charge in [0.25, 0.3) is 0 Å². The Bertz CT molecular complexity index is 569. The van der Waals surface area contributed by atoms with Gasteiger partial charge in [-0.3, -0.25) is 5.84 Å². The van der Waals surface area contributed by atoms with E-state index in [-0.39, 0.29) is 6.04 Å². The van der Waals surface area contributed by atoms with Crippen molar-refractivity contribution in [3.8, 4) is 5.75 Å². The second-order valence-electron chi connectivity index (χ2n) is 4.58. The number of hydrogen-bond acceptors (Lipinski definition) is 3. The van der Waals surface area contributed by atoms with Crippen molar-refractivity contribution in [3.05, 3.63) is 64.2 Å². The Kier molecular flexibility index (Phi) is 5.01. The highest BCUT2D eigenvalue weighted by atomic mass is 35.5. The molecule has 2 rings (SSSR count). The topological polar surface area (TPSA) is 47.3 Å². The maximum absolute atomic E-state index is 6.38. The molecule has 0 aliphatic rings. The van der Waals surface area contributed by atoms with E-state index < -0.39 is 0 Å². The predicted molar refractivity (Wildman–Crippen MR) is 83.0 cm³/mol. The van der Waals surface area contributed by atoms with Crippen LogP contribution in [0.25, 0.3) is 0 Å². The Morgan fingerprint density at radius 1 is 1.20 bits per heavy atom. The molecule has 4 heteroatoms. The number of nitrogens with one attached hydrogen (secondary N) is 1. The molecule has 0 amide bonds. The number of hydrogen-bond donors (Lipinski definition) is 2. The number of ether oxygens (including phenoxy) is 1. The minimum absolute atomic E-state index is 0.141. The summed E-state index contributed by atoms with van der Waals surface area (Å²) >= 11 is 6.38. The second kappa shape index (κ2) is 6.75. The zero-order valence-corrected chi connectivity index (χ0v) is 12.4. The summed E-state index contributed by atoms with van der Waals surface area (Å²) in [6.07, 6.45) is 0. The fourth-order valence-electron chi connectivity index (χ4n) is 2.18. The first kappa shape index (κ1) is 14.9. The molecule has 0 saturated carbocycles. The van der Waals surface area contributed by atoms with Crippen LogP contribution in [0.3, 0.4) is 0 Å². The lowest BCUT2D eigenvalue weighted by Crippen LogP contribution is -2.29. The molecule has 20 heavy (non-hydrogen) atoms. The smallest absolute Gasteiger partial charge is 0.119 e. The first-order valence-electron chi connectivity index (χ1n) is 6.61. The molecule has 3 N–H and O–H groups in total. The van der Waals surface area contributed by atoms with Crippen molar-refractivity contribution in [2.24, 2.45) is 5.84 Å². The van der Waals surface area contributed by atoms with Gasteiger partial charge in [-0.2, -0.15) is 0 Å². The van der Waals surface area contributed by atoms with E-state index in [1.54, 1.807) is 0 Å². The van der Waals surface area contributed by atoms with Gasteiger partial charge < -0.3 is 4.74 Å². The molecule has 2 aromatic carbocycles. The molecule has 0 aliphatic carbocycles. The van der Waals surface area contributed by atoms with Gasteiger partial charge in [0, 0.05) is 5.02 Å². The molecule has 1 atom stereocenters. The summed E-state index contributed by atoms with van der Waals surface area (Å²) < 4.78 is 5.45. The standard InChI is InChI=1S/C16H19ClN2O/c1-3-20-13-9-7-12(8-10-13)16(19-18)14-6-4-5-11(2)15(14)17/h4-10,16,19H,3,18H2,1-2H3. The van der Waals surface area contributed by atoms with E-state index in [9.17, 15) is 0 Å². The summed E-state index contributed by atoms with van der Waals surface area (Å²) in [7, 11) is 0. The van der Waals surface area contributed by atoms with E-state index >= 15 is 0 Å². The van der Waals surface area contributed by atoms with E-state index in [2.05, 4.69) is 5.43 Å². The van der Waals surface area contributed by atoms with Crippen molar-refractivity contribution < 1.29 is 4.74 Å². The summed E-state index contributed by atoms with van der Waals surface area (Å²) in [5, 5.41) is 0.740. The Hall–Kier alpha value is -1.55. The Labute approximate surface area is 124 Å². The van der Waals surface area contributed by atoms with Crippen LogP contribution in [0.5, 0.6) is 5.75 Å². The summed E-state index contributed by atoms with van der Waals surface area (Å²) in [5.74, 6) is 6.56. The molecule has 106 valence electrons. The van der Waals surface area contributed by atoms with E-state index in [0.717, 1.165) is 27.5 Å². The minimum Gasteiger partial charge on any atom is -0.494 e.